The highest BCUT2D eigenvalue weighted by Crippen LogP contribution is 2.31. The van der Waals surface area contributed by atoms with Crippen LogP contribution in [0, 0.1) is 17.0 Å². The number of anilines is 1. The van der Waals surface area contributed by atoms with E-state index in [1.807, 2.05) is 19.9 Å². The molecule has 6 nitrogen and oxygen atoms in total. The zero-order chi connectivity index (χ0) is 18.1. The molecule has 3 aromatic rings. The van der Waals surface area contributed by atoms with Gasteiger partial charge in [0.05, 0.1) is 27.2 Å². The molecule has 0 amide bonds. The summed E-state index contributed by atoms with van der Waals surface area (Å²) in [6.07, 6.45) is 0. The summed E-state index contributed by atoms with van der Waals surface area (Å²) in [4.78, 5) is 19.9. The van der Waals surface area contributed by atoms with Crippen molar-refractivity contribution in [3.63, 3.8) is 0 Å². The fraction of sp³-hybridized carbons (Fsp3) is 0.333. The van der Waals surface area contributed by atoms with Gasteiger partial charge in [0.2, 0.25) is 0 Å². The van der Waals surface area contributed by atoms with Gasteiger partial charge >= 0.3 is 0 Å². The van der Waals surface area contributed by atoms with Crippen LogP contribution in [-0.4, -0.2) is 14.9 Å². The van der Waals surface area contributed by atoms with Gasteiger partial charge in [-0.1, -0.05) is 13.8 Å². The summed E-state index contributed by atoms with van der Waals surface area (Å²) in [5.41, 5.74) is 3.46. The minimum atomic E-state index is -0.387. The number of hydrogen-bond donors (Lipinski definition) is 1. The molecule has 2 heterocycles. The Bertz CT molecular complexity index is 936. The highest BCUT2D eigenvalue weighted by molar-refractivity contribution is 7.09. The molecule has 2 aromatic heterocycles. The number of benzene rings is 1. The molecule has 3 rings (SSSR count). The number of rotatable bonds is 5. The summed E-state index contributed by atoms with van der Waals surface area (Å²) < 4.78 is 0. The van der Waals surface area contributed by atoms with Gasteiger partial charge in [0.15, 0.2) is 0 Å². The number of nitro groups is 1. The highest BCUT2D eigenvalue weighted by Gasteiger charge is 2.15. The third-order valence-electron chi connectivity index (χ3n) is 3.98. The predicted octanol–water partition coefficient (Wildman–Crippen LogP) is 5.20. The van der Waals surface area contributed by atoms with E-state index in [9.17, 15) is 10.1 Å². The molecule has 1 N–H and O–H groups in total. The van der Waals surface area contributed by atoms with Gasteiger partial charge in [0.1, 0.15) is 0 Å². The largest absolute Gasteiger partial charge is 0.376 e. The third kappa shape index (κ3) is 3.61. The van der Waals surface area contributed by atoms with E-state index in [-0.39, 0.29) is 16.7 Å². The first-order valence-corrected chi connectivity index (χ1v) is 9.00. The van der Waals surface area contributed by atoms with Crippen LogP contribution >= 0.6 is 11.3 Å². The maximum absolute atomic E-state index is 11.1. The van der Waals surface area contributed by atoms with E-state index >= 15 is 0 Å². The Kier molecular flexibility index (Phi) is 4.67. The Labute approximate surface area is 150 Å². The molecule has 0 fully saturated rings. The molecule has 0 radical (unpaired) electrons. The van der Waals surface area contributed by atoms with E-state index < -0.39 is 0 Å². The summed E-state index contributed by atoms with van der Waals surface area (Å²) in [6.45, 7) is 8.20. The van der Waals surface area contributed by atoms with Crippen molar-refractivity contribution in [2.45, 2.75) is 39.7 Å². The van der Waals surface area contributed by atoms with E-state index in [0.29, 0.717) is 5.92 Å². The second kappa shape index (κ2) is 6.76. The molecule has 0 saturated carbocycles. The van der Waals surface area contributed by atoms with Crippen molar-refractivity contribution >= 4 is 33.6 Å². The lowest BCUT2D eigenvalue weighted by Gasteiger charge is -2.16. The van der Waals surface area contributed by atoms with Crippen LogP contribution in [0.4, 0.5) is 11.4 Å². The quantitative estimate of drug-likeness (QED) is 0.501. The number of hydrogen-bond acceptors (Lipinski definition) is 6. The number of fused-ring (bicyclic) bond motifs is 1. The molecule has 0 saturated heterocycles. The molecule has 25 heavy (non-hydrogen) atoms. The average molecular weight is 356 g/mol. The number of nitrogens with one attached hydrogen (secondary N) is 1. The molecular formula is C18H20N4O2S. The van der Waals surface area contributed by atoms with Crippen molar-refractivity contribution < 1.29 is 4.92 Å². The maximum Gasteiger partial charge on any atom is 0.270 e. The van der Waals surface area contributed by atoms with Gasteiger partial charge in [-0.05, 0) is 26.0 Å². The van der Waals surface area contributed by atoms with Gasteiger partial charge in [0.25, 0.3) is 5.69 Å². The molecular weight excluding hydrogens is 336 g/mol. The first-order valence-electron chi connectivity index (χ1n) is 8.13. The lowest BCUT2D eigenvalue weighted by molar-refractivity contribution is -0.384. The fourth-order valence-corrected chi connectivity index (χ4v) is 3.58. The zero-order valence-corrected chi connectivity index (χ0v) is 15.4. The molecule has 0 aliphatic rings. The van der Waals surface area contributed by atoms with Crippen molar-refractivity contribution in [2.24, 2.45) is 0 Å². The number of aryl methyl sites for hydroxylation is 1. The van der Waals surface area contributed by atoms with Crippen LogP contribution < -0.4 is 5.32 Å². The van der Waals surface area contributed by atoms with Gasteiger partial charge < -0.3 is 5.32 Å². The second-order valence-corrected chi connectivity index (χ2v) is 7.29. The Balaban J connectivity index is 1.98. The van der Waals surface area contributed by atoms with Crippen molar-refractivity contribution in [1.82, 2.24) is 9.97 Å². The normalized spacial score (nSPS) is 12.5. The molecule has 0 bridgehead atoms. The van der Waals surface area contributed by atoms with Crippen LogP contribution in [0.15, 0.2) is 29.6 Å². The summed E-state index contributed by atoms with van der Waals surface area (Å²) in [5, 5.41) is 18.4. The van der Waals surface area contributed by atoms with Gasteiger partial charge in [-0.3, -0.25) is 15.1 Å². The van der Waals surface area contributed by atoms with E-state index in [2.05, 4.69) is 34.5 Å². The van der Waals surface area contributed by atoms with Crippen LogP contribution in [0.5, 0.6) is 0 Å². The van der Waals surface area contributed by atoms with Crippen LogP contribution in [-0.2, 0) is 0 Å². The molecule has 0 aliphatic carbocycles. The van der Waals surface area contributed by atoms with Crippen molar-refractivity contribution in [2.75, 3.05) is 5.32 Å². The topological polar surface area (TPSA) is 81.0 Å². The molecule has 0 spiro atoms. The molecule has 1 aromatic carbocycles. The first kappa shape index (κ1) is 17.3. The van der Waals surface area contributed by atoms with Gasteiger partial charge in [-0.15, -0.1) is 11.3 Å². The molecule has 0 aliphatic heterocycles. The summed E-state index contributed by atoms with van der Waals surface area (Å²) in [6, 6.07) is 6.65. The fourth-order valence-electron chi connectivity index (χ4n) is 2.65. The number of pyridine rings is 1. The SMILES string of the molecule is Cc1cc(NC(C)c2csc(C(C)C)n2)c2cc([N+](=O)[O-])ccc2n1. The van der Waals surface area contributed by atoms with E-state index in [4.69, 9.17) is 0 Å². The maximum atomic E-state index is 11.1. The molecule has 130 valence electrons. The first-order chi connectivity index (χ1) is 11.8. The number of thiazole rings is 1. The summed E-state index contributed by atoms with van der Waals surface area (Å²) in [5.74, 6) is 0.401. The number of non-ortho nitro benzene ring substituents is 1. The van der Waals surface area contributed by atoms with Gasteiger partial charge in [-0.25, -0.2) is 4.98 Å². The lowest BCUT2D eigenvalue weighted by Crippen LogP contribution is -2.08. The smallest absolute Gasteiger partial charge is 0.270 e. The van der Waals surface area contributed by atoms with E-state index in [1.54, 1.807) is 23.5 Å². The Morgan fingerprint density at radius 1 is 1.20 bits per heavy atom. The van der Waals surface area contributed by atoms with Crippen LogP contribution in [0.2, 0.25) is 0 Å². The van der Waals surface area contributed by atoms with Gasteiger partial charge in [0, 0.05) is 40.2 Å². The standard InChI is InChI=1S/C18H20N4O2S/c1-10(2)18-21-17(9-25-18)12(4)20-16-7-11(3)19-15-6-5-13(22(23)24)8-14(15)16/h5-10,12H,1-4H3,(H,19,20). The third-order valence-corrected chi connectivity index (χ3v) is 5.14. The minimum Gasteiger partial charge on any atom is -0.376 e. The van der Waals surface area contributed by atoms with Crippen molar-refractivity contribution in [1.29, 1.82) is 0 Å². The van der Waals surface area contributed by atoms with Crippen molar-refractivity contribution in [3.8, 4) is 0 Å². The van der Waals surface area contributed by atoms with E-state index in [1.165, 1.54) is 6.07 Å². The molecule has 7 heteroatoms. The Morgan fingerprint density at radius 3 is 2.60 bits per heavy atom. The number of nitrogens with zero attached hydrogens (tertiary/aromatic N) is 3. The van der Waals surface area contributed by atoms with Crippen LogP contribution in [0.3, 0.4) is 0 Å². The molecule has 1 atom stereocenters. The van der Waals surface area contributed by atoms with E-state index in [0.717, 1.165) is 33.0 Å². The average Bonchev–Trinajstić information content (AvgIpc) is 3.04. The molecule has 1 unspecified atom stereocenters. The lowest BCUT2D eigenvalue weighted by atomic mass is 10.1. The minimum absolute atomic E-state index is 0.00647. The van der Waals surface area contributed by atoms with Crippen LogP contribution in [0.25, 0.3) is 10.9 Å². The second-order valence-electron chi connectivity index (χ2n) is 6.40. The predicted molar refractivity (Wildman–Crippen MR) is 101 cm³/mol. The van der Waals surface area contributed by atoms with Gasteiger partial charge in [-0.2, -0.15) is 0 Å². The van der Waals surface area contributed by atoms with Crippen LogP contribution in [0.1, 0.15) is 49.1 Å². The number of nitro benzene ring substituents is 1. The monoisotopic (exact) mass is 356 g/mol. The zero-order valence-electron chi connectivity index (χ0n) is 14.6. The summed E-state index contributed by atoms with van der Waals surface area (Å²) in [7, 11) is 0. The Morgan fingerprint density at radius 2 is 1.96 bits per heavy atom. The number of aromatic nitrogens is 2. The summed E-state index contributed by atoms with van der Waals surface area (Å²) >= 11 is 1.66. The highest BCUT2D eigenvalue weighted by atomic mass is 32.1. The van der Waals surface area contributed by atoms with Crippen molar-refractivity contribution in [3.05, 3.63) is 56.2 Å². The Hall–Kier alpha value is -2.54.